The van der Waals surface area contributed by atoms with Gasteiger partial charge in [-0.1, -0.05) is 42.1 Å². The zero-order valence-corrected chi connectivity index (χ0v) is 15.2. The van der Waals surface area contributed by atoms with Gasteiger partial charge in [0.15, 0.2) is 5.16 Å². The summed E-state index contributed by atoms with van der Waals surface area (Å²) in [7, 11) is 0. The van der Waals surface area contributed by atoms with Crippen LogP contribution in [0.15, 0.2) is 41.6 Å². The maximum Gasteiger partial charge on any atom is 0.256 e. The minimum Gasteiger partial charge on any atom is -0.355 e. The van der Waals surface area contributed by atoms with Gasteiger partial charge in [-0.2, -0.15) is 0 Å². The van der Waals surface area contributed by atoms with E-state index in [0.717, 1.165) is 24.2 Å². The van der Waals surface area contributed by atoms with Crippen LogP contribution in [0.1, 0.15) is 23.4 Å². The number of hydrogen-bond acceptors (Lipinski definition) is 5. The second-order valence-corrected chi connectivity index (χ2v) is 6.83. The first kappa shape index (κ1) is 17.4. The molecular weight excluding hydrogens is 334 g/mol. The van der Waals surface area contributed by atoms with Gasteiger partial charge in [0.05, 0.1) is 5.75 Å². The van der Waals surface area contributed by atoms with Gasteiger partial charge in [-0.3, -0.25) is 9.20 Å². The number of aryl methyl sites for hydroxylation is 3. The summed E-state index contributed by atoms with van der Waals surface area (Å²) in [5, 5.41) is 11.9. The molecule has 0 bridgehead atoms. The molecule has 3 rings (SSSR count). The second kappa shape index (κ2) is 8.11. The summed E-state index contributed by atoms with van der Waals surface area (Å²) in [6.45, 7) is 4.59. The van der Waals surface area contributed by atoms with Crippen molar-refractivity contribution in [1.82, 2.24) is 24.9 Å². The standard InChI is InChI=1S/C18H21N5OS/c1-13-11-14(2)23-17(20-13)21-22-18(23)25-12-16(24)19-10-6-9-15-7-4-3-5-8-15/h3-5,7-8,11H,6,9-10,12H2,1-2H3,(H,19,24). The van der Waals surface area contributed by atoms with Crippen LogP contribution in [0.4, 0.5) is 0 Å². The Labute approximate surface area is 151 Å². The van der Waals surface area contributed by atoms with Gasteiger partial charge in [-0.15, -0.1) is 10.2 Å². The Kier molecular flexibility index (Phi) is 5.65. The maximum absolute atomic E-state index is 12.0. The van der Waals surface area contributed by atoms with Crippen LogP contribution in [0.3, 0.4) is 0 Å². The number of rotatable bonds is 7. The number of thioether (sulfide) groups is 1. The molecule has 1 aromatic carbocycles. The molecule has 25 heavy (non-hydrogen) atoms. The van der Waals surface area contributed by atoms with E-state index in [2.05, 4.69) is 32.6 Å². The lowest BCUT2D eigenvalue weighted by Gasteiger charge is -2.06. The molecule has 2 aromatic heterocycles. The molecule has 0 fully saturated rings. The van der Waals surface area contributed by atoms with Crippen LogP contribution in [-0.4, -0.2) is 37.8 Å². The molecular formula is C18H21N5OS. The smallest absolute Gasteiger partial charge is 0.256 e. The number of amides is 1. The Bertz CT molecular complexity index is 863. The number of aromatic nitrogens is 4. The third kappa shape index (κ3) is 4.57. The molecule has 0 radical (unpaired) electrons. The van der Waals surface area contributed by atoms with Gasteiger partial charge in [0.25, 0.3) is 5.78 Å². The first-order chi connectivity index (χ1) is 12.1. The van der Waals surface area contributed by atoms with Crippen LogP contribution >= 0.6 is 11.8 Å². The second-order valence-electron chi connectivity index (χ2n) is 5.88. The molecule has 0 aliphatic heterocycles. The summed E-state index contributed by atoms with van der Waals surface area (Å²) in [5.74, 6) is 0.898. The van der Waals surface area contributed by atoms with Crippen LogP contribution in [0.5, 0.6) is 0 Å². The van der Waals surface area contributed by atoms with E-state index >= 15 is 0 Å². The van der Waals surface area contributed by atoms with Crippen molar-refractivity contribution >= 4 is 23.4 Å². The van der Waals surface area contributed by atoms with Gasteiger partial charge >= 0.3 is 0 Å². The van der Waals surface area contributed by atoms with Crippen LogP contribution < -0.4 is 5.32 Å². The zero-order valence-electron chi connectivity index (χ0n) is 14.4. The monoisotopic (exact) mass is 355 g/mol. The highest BCUT2D eigenvalue weighted by Gasteiger charge is 2.12. The van der Waals surface area contributed by atoms with Crippen LogP contribution in [0, 0.1) is 13.8 Å². The molecule has 0 unspecified atom stereocenters. The normalized spacial score (nSPS) is 11.0. The molecule has 6 nitrogen and oxygen atoms in total. The highest BCUT2D eigenvalue weighted by Crippen LogP contribution is 2.18. The molecule has 0 spiro atoms. The minimum atomic E-state index is 0.00698. The van der Waals surface area contributed by atoms with E-state index in [1.807, 2.05) is 42.5 Å². The third-order valence-electron chi connectivity index (χ3n) is 3.80. The lowest BCUT2D eigenvalue weighted by Crippen LogP contribution is -2.26. The van der Waals surface area contributed by atoms with E-state index in [0.29, 0.717) is 23.2 Å². The number of fused-ring (bicyclic) bond motifs is 1. The van der Waals surface area contributed by atoms with Gasteiger partial charge in [-0.05, 0) is 38.3 Å². The Morgan fingerprint density at radius 1 is 1.20 bits per heavy atom. The number of nitrogens with zero attached hydrogens (tertiary/aromatic N) is 4. The van der Waals surface area contributed by atoms with Crippen molar-refractivity contribution in [3.63, 3.8) is 0 Å². The summed E-state index contributed by atoms with van der Waals surface area (Å²) in [6.07, 6.45) is 1.89. The predicted molar refractivity (Wildman–Crippen MR) is 98.8 cm³/mol. The summed E-state index contributed by atoms with van der Waals surface area (Å²) in [5.41, 5.74) is 3.21. The van der Waals surface area contributed by atoms with Crippen LogP contribution in [0.2, 0.25) is 0 Å². The molecule has 2 heterocycles. The van der Waals surface area contributed by atoms with Crippen molar-refractivity contribution < 1.29 is 4.79 Å². The summed E-state index contributed by atoms with van der Waals surface area (Å²) in [4.78, 5) is 16.4. The molecule has 1 amide bonds. The van der Waals surface area contributed by atoms with E-state index in [1.165, 1.54) is 17.3 Å². The van der Waals surface area contributed by atoms with Crippen molar-refractivity contribution in [2.75, 3.05) is 12.3 Å². The maximum atomic E-state index is 12.0. The molecule has 1 N–H and O–H groups in total. The van der Waals surface area contributed by atoms with Crippen molar-refractivity contribution in [2.24, 2.45) is 0 Å². The Balaban J connectivity index is 1.46. The average molecular weight is 355 g/mol. The van der Waals surface area contributed by atoms with E-state index in [1.54, 1.807) is 0 Å². The number of nitrogens with one attached hydrogen (secondary N) is 1. The van der Waals surface area contributed by atoms with Crippen molar-refractivity contribution in [3.05, 3.63) is 53.3 Å². The third-order valence-corrected chi connectivity index (χ3v) is 4.73. The first-order valence-corrected chi connectivity index (χ1v) is 9.25. The van der Waals surface area contributed by atoms with Gasteiger partial charge in [0, 0.05) is 17.9 Å². The number of carbonyl (C=O) groups excluding carboxylic acids is 1. The number of carbonyl (C=O) groups is 1. The minimum absolute atomic E-state index is 0.00698. The number of hydrogen-bond donors (Lipinski definition) is 1. The first-order valence-electron chi connectivity index (χ1n) is 8.26. The van der Waals surface area contributed by atoms with Crippen LogP contribution in [-0.2, 0) is 11.2 Å². The molecule has 3 aromatic rings. The molecule has 0 atom stereocenters. The van der Waals surface area contributed by atoms with Gasteiger partial charge in [-0.25, -0.2) is 4.98 Å². The summed E-state index contributed by atoms with van der Waals surface area (Å²) in [6, 6.07) is 12.3. The van der Waals surface area contributed by atoms with E-state index < -0.39 is 0 Å². The Morgan fingerprint density at radius 2 is 2.00 bits per heavy atom. The molecule has 0 aliphatic carbocycles. The Morgan fingerprint density at radius 3 is 2.80 bits per heavy atom. The van der Waals surface area contributed by atoms with Gasteiger partial charge < -0.3 is 5.32 Å². The fraction of sp³-hybridized carbons (Fsp3) is 0.333. The lowest BCUT2D eigenvalue weighted by atomic mass is 10.1. The highest BCUT2D eigenvalue weighted by molar-refractivity contribution is 7.99. The van der Waals surface area contributed by atoms with Crippen LogP contribution in [0.25, 0.3) is 5.78 Å². The van der Waals surface area contributed by atoms with Crippen molar-refractivity contribution in [1.29, 1.82) is 0 Å². The van der Waals surface area contributed by atoms with Gasteiger partial charge in [0.1, 0.15) is 0 Å². The fourth-order valence-electron chi connectivity index (χ4n) is 2.64. The highest BCUT2D eigenvalue weighted by atomic mass is 32.2. The molecule has 0 aliphatic rings. The Hall–Kier alpha value is -2.41. The summed E-state index contributed by atoms with van der Waals surface area (Å²) >= 11 is 1.38. The van der Waals surface area contributed by atoms with Crippen molar-refractivity contribution in [3.8, 4) is 0 Å². The molecule has 0 saturated heterocycles. The van der Waals surface area contributed by atoms with E-state index in [-0.39, 0.29) is 5.91 Å². The SMILES string of the molecule is Cc1cc(C)n2c(SCC(=O)NCCCc3ccccc3)nnc2n1. The molecule has 130 valence electrons. The quantitative estimate of drug-likeness (QED) is 0.521. The lowest BCUT2D eigenvalue weighted by molar-refractivity contribution is -0.118. The van der Waals surface area contributed by atoms with Crippen molar-refractivity contribution in [2.45, 2.75) is 31.8 Å². The van der Waals surface area contributed by atoms with E-state index in [4.69, 9.17) is 0 Å². The molecule has 7 heteroatoms. The van der Waals surface area contributed by atoms with E-state index in [9.17, 15) is 4.79 Å². The summed E-state index contributed by atoms with van der Waals surface area (Å²) < 4.78 is 1.88. The largest absolute Gasteiger partial charge is 0.355 e. The molecule has 0 saturated carbocycles. The fourth-order valence-corrected chi connectivity index (χ4v) is 3.46. The zero-order chi connectivity index (χ0) is 17.6. The van der Waals surface area contributed by atoms with Gasteiger partial charge in [0.2, 0.25) is 5.91 Å². The topological polar surface area (TPSA) is 72.2 Å². The predicted octanol–water partition coefficient (Wildman–Crippen LogP) is 2.58. The number of benzene rings is 1. The average Bonchev–Trinajstić information content (AvgIpc) is 3.01.